The Kier molecular flexibility index (Phi) is 5.13. The van der Waals surface area contributed by atoms with Crippen LogP contribution < -0.4 is 10.6 Å². The van der Waals surface area contributed by atoms with Gasteiger partial charge in [-0.05, 0) is 56.2 Å². The summed E-state index contributed by atoms with van der Waals surface area (Å²) in [6.07, 6.45) is 0. The molecule has 2 N–H and O–H groups in total. The number of nitrogens with one attached hydrogen (secondary N) is 2. The van der Waals surface area contributed by atoms with Crippen molar-refractivity contribution in [3.8, 4) is 6.07 Å². The van der Waals surface area contributed by atoms with E-state index >= 15 is 0 Å². The fourth-order valence-corrected chi connectivity index (χ4v) is 2.62. The number of nitriles is 1. The van der Waals surface area contributed by atoms with E-state index in [1.165, 1.54) is 0 Å². The summed E-state index contributed by atoms with van der Waals surface area (Å²) >= 11 is 0. The zero-order valence-corrected chi connectivity index (χ0v) is 15.4. The smallest absolute Gasteiger partial charge is 0.274 e. The van der Waals surface area contributed by atoms with Crippen molar-refractivity contribution >= 4 is 23.2 Å². The van der Waals surface area contributed by atoms with E-state index in [0.717, 1.165) is 16.8 Å². The molecule has 27 heavy (non-hydrogen) atoms. The number of aromatic nitrogens is 2. The number of carbonyl (C=O) groups excluding carboxylic acids is 1. The Morgan fingerprint density at radius 3 is 2.52 bits per heavy atom. The molecule has 0 aliphatic rings. The van der Waals surface area contributed by atoms with E-state index in [1.807, 2.05) is 32.0 Å². The van der Waals surface area contributed by atoms with Crippen LogP contribution in [0.25, 0.3) is 0 Å². The van der Waals surface area contributed by atoms with Gasteiger partial charge in [-0.3, -0.25) is 4.79 Å². The van der Waals surface area contributed by atoms with E-state index in [2.05, 4.69) is 26.7 Å². The van der Waals surface area contributed by atoms with Gasteiger partial charge in [-0.1, -0.05) is 24.3 Å². The fraction of sp³-hybridized carbons (Fsp3) is 0.143. The molecular weight excluding hydrogens is 338 g/mol. The average molecular weight is 357 g/mol. The zero-order chi connectivity index (χ0) is 19.4. The molecule has 0 atom stereocenters. The molecule has 3 rings (SSSR count). The second-order valence-electron chi connectivity index (χ2n) is 6.20. The fourth-order valence-electron chi connectivity index (χ4n) is 2.62. The highest BCUT2D eigenvalue weighted by Crippen LogP contribution is 2.21. The van der Waals surface area contributed by atoms with Crippen molar-refractivity contribution in [2.45, 2.75) is 20.8 Å². The van der Waals surface area contributed by atoms with Gasteiger partial charge >= 0.3 is 0 Å². The Balaban J connectivity index is 1.88. The molecule has 0 saturated heterocycles. The highest BCUT2D eigenvalue weighted by Gasteiger charge is 2.13. The standard InChI is InChI=1S/C21H19N5O/c1-13-7-6-10-17(15(13)3)25-21-23-14(2)11-19(26-21)20(27)24-18-9-5-4-8-16(18)12-22/h4-11H,1-3H3,(H,24,27)(H,23,25,26). The van der Waals surface area contributed by atoms with Crippen molar-refractivity contribution < 1.29 is 4.79 Å². The van der Waals surface area contributed by atoms with Crippen LogP contribution in [0.2, 0.25) is 0 Å². The van der Waals surface area contributed by atoms with Crippen LogP contribution in [0.1, 0.15) is 32.9 Å². The third-order valence-corrected chi connectivity index (χ3v) is 4.23. The van der Waals surface area contributed by atoms with Gasteiger partial charge in [0.25, 0.3) is 5.91 Å². The molecule has 0 spiro atoms. The van der Waals surface area contributed by atoms with Crippen LogP contribution in [0, 0.1) is 32.1 Å². The van der Waals surface area contributed by atoms with Gasteiger partial charge in [0, 0.05) is 11.4 Å². The van der Waals surface area contributed by atoms with Crippen LogP contribution in [-0.4, -0.2) is 15.9 Å². The van der Waals surface area contributed by atoms with Crippen LogP contribution in [0.4, 0.5) is 17.3 Å². The normalized spacial score (nSPS) is 10.1. The number of para-hydroxylation sites is 1. The number of amides is 1. The minimum atomic E-state index is -0.396. The molecule has 1 aromatic heterocycles. The maximum Gasteiger partial charge on any atom is 0.274 e. The number of benzene rings is 2. The minimum Gasteiger partial charge on any atom is -0.324 e. The number of hydrogen-bond donors (Lipinski definition) is 2. The van der Waals surface area contributed by atoms with Crippen molar-refractivity contribution in [3.05, 3.63) is 76.6 Å². The van der Waals surface area contributed by atoms with Crippen LogP contribution in [-0.2, 0) is 0 Å². The summed E-state index contributed by atoms with van der Waals surface area (Å²) < 4.78 is 0. The highest BCUT2D eigenvalue weighted by atomic mass is 16.1. The van der Waals surface area contributed by atoms with Crippen LogP contribution in [0.3, 0.4) is 0 Å². The lowest BCUT2D eigenvalue weighted by Gasteiger charge is -2.12. The predicted octanol–water partition coefficient (Wildman–Crippen LogP) is 4.27. The average Bonchev–Trinajstić information content (AvgIpc) is 2.65. The van der Waals surface area contributed by atoms with Gasteiger partial charge in [-0.2, -0.15) is 5.26 Å². The van der Waals surface area contributed by atoms with E-state index in [4.69, 9.17) is 5.26 Å². The van der Waals surface area contributed by atoms with Crippen molar-refractivity contribution in [1.29, 1.82) is 5.26 Å². The number of carbonyl (C=O) groups is 1. The summed E-state index contributed by atoms with van der Waals surface area (Å²) in [7, 11) is 0. The first-order valence-corrected chi connectivity index (χ1v) is 8.47. The second-order valence-corrected chi connectivity index (χ2v) is 6.20. The monoisotopic (exact) mass is 357 g/mol. The van der Waals surface area contributed by atoms with Crippen LogP contribution in [0.15, 0.2) is 48.5 Å². The molecule has 134 valence electrons. The predicted molar refractivity (Wildman–Crippen MR) is 105 cm³/mol. The van der Waals surface area contributed by atoms with Gasteiger partial charge in [-0.25, -0.2) is 9.97 Å². The Hall–Kier alpha value is -3.72. The van der Waals surface area contributed by atoms with E-state index in [1.54, 1.807) is 37.3 Å². The molecule has 0 fully saturated rings. The molecule has 0 aliphatic heterocycles. The SMILES string of the molecule is Cc1cc(C(=O)Nc2ccccc2C#N)nc(Nc2cccc(C)c2C)n1. The number of rotatable bonds is 4. The molecule has 0 bridgehead atoms. The molecule has 1 amide bonds. The first-order valence-electron chi connectivity index (χ1n) is 8.47. The molecule has 3 aromatic rings. The molecule has 0 saturated carbocycles. The first kappa shape index (κ1) is 18.1. The summed E-state index contributed by atoms with van der Waals surface area (Å²) in [5.41, 5.74) is 4.87. The number of anilines is 3. The van der Waals surface area contributed by atoms with Gasteiger partial charge in [-0.15, -0.1) is 0 Å². The minimum absolute atomic E-state index is 0.225. The van der Waals surface area contributed by atoms with Gasteiger partial charge in [0.2, 0.25) is 5.95 Å². The van der Waals surface area contributed by atoms with Crippen molar-refractivity contribution in [3.63, 3.8) is 0 Å². The summed E-state index contributed by atoms with van der Waals surface area (Å²) in [4.78, 5) is 21.3. The maximum atomic E-state index is 12.6. The molecule has 2 aromatic carbocycles. The molecular formula is C21H19N5O. The Labute approximate surface area is 157 Å². The van der Waals surface area contributed by atoms with Crippen molar-refractivity contribution in [2.75, 3.05) is 10.6 Å². The lowest BCUT2D eigenvalue weighted by atomic mass is 10.1. The number of nitrogens with zero attached hydrogens (tertiary/aromatic N) is 3. The molecule has 0 radical (unpaired) electrons. The van der Waals surface area contributed by atoms with Crippen molar-refractivity contribution in [1.82, 2.24) is 9.97 Å². The second kappa shape index (κ2) is 7.67. The topological polar surface area (TPSA) is 90.7 Å². The third-order valence-electron chi connectivity index (χ3n) is 4.23. The van der Waals surface area contributed by atoms with Crippen LogP contribution >= 0.6 is 0 Å². The van der Waals surface area contributed by atoms with Gasteiger partial charge in [0.05, 0.1) is 11.3 Å². The highest BCUT2D eigenvalue weighted by molar-refractivity contribution is 6.03. The zero-order valence-electron chi connectivity index (χ0n) is 15.4. The molecule has 0 aliphatic carbocycles. The summed E-state index contributed by atoms with van der Waals surface area (Å²) in [5.74, 6) is -0.0466. The lowest BCUT2D eigenvalue weighted by molar-refractivity contribution is 0.102. The molecule has 6 nitrogen and oxygen atoms in total. The lowest BCUT2D eigenvalue weighted by Crippen LogP contribution is -2.16. The Bertz CT molecular complexity index is 1050. The molecule has 1 heterocycles. The summed E-state index contributed by atoms with van der Waals surface area (Å²) in [6, 6.07) is 16.4. The quantitative estimate of drug-likeness (QED) is 0.728. The largest absolute Gasteiger partial charge is 0.324 e. The number of aryl methyl sites for hydroxylation is 2. The van der Waals surface area contributed by atoms with E-state index < -0.39 is 5.91 Å². The summed E-state index contributed by atoms with van der Waals surface area (Å²) in [5, 5.41) is 15.1. The Morgan fingerprint density at radius 1 is 1.00 bits per heavy atom. The first-order chi connectivity index (χ1) is 13.0. The third kappa shape index (κ3) is 4.10. The van der Waals surface area contributed by atoms with E-state index in [0.29, 0.717) is 22.9 Å². The summed E-state index contributed by atoms with van der Waals surface area (Å²) in [6.45, 7) is 5.85. The van der Waals surface area contributed by atoms with Gasteiger partial charge < -0.3 is 10.6 Å². The molecule has 6 heteroatoms. The van der Waals surface area contributed by atoms with Crippen LogP contribution in [0.5, 0.6) is 0 Å². The van der Waals surface area contributed by atoms with Crippen molar-refractivity contribution in [2.24, 2.45) is 0 Å². The number of hydrogen-bond acceptors (Lipinski definition) is 5. The van der Waals surface area contributed by atoms with E-state index in [9.17, 15) is 4.79 Å². The molecule has 0 unspecified atom stereocenters. The maximum absolute atomic E-state index is 12.6. The van der Waals surface area contributed by atoms with Gasteiger partial charge in [0.1, 0.15) is 11.8 Å². The Morgan fingerprint density at radius 2 is 1.74 bits per heavy atom. The van der Waals surface area contributed by atoms with Gasteiger partial charge in [0.15, 0.2) is 0 Å². The van der Waals surface area contributed by atoms with E-state index in [-0.39, 0.29) is 5.69 Å².